The van der Waals surface area contributed by atoms with E-state index >= 15 is 0 Å². The number of rotatable bonds is 7. The molecule has 4 aromatic rings. The zero-order valence-electron chi connectivity index (χ0n) is 19.5. The van der Waals surface area contributed by atoms with Crippen LogP contribution in [0.2, 0.25) is 0 Å². The Morgan fingerprint density at radius 3 is 2.40 bits per heavy atom. The number of para-hydroxylation sites is 2. The number of benzene rings is 2. The minimum Gasteiger partial charge on any atom is -0.352 e. The van der Waals surface area contributed by atoms with Gasteiger partial charge in [-0.15, -0.1) is 0 Å². The number of hydrogen-bond donors (Lipinski definition) is 2. The molecule has 0 bridgehead atoms. The number of carbonyl (C=O) groups is 1. The lowest BCUT2D eigenvalue weighted by molar-refractivity contribution is -0.116. The van der Waals surface area contributed by atoms with Crippen LogP contribution in [0.5, 0.6) is 0 Å². The Labute approximate surface area is 210 Å². The summed E-state index contributed by atoms with van der Waals surface area (Å²) in [7, 11) is 0. The largest absolute Gasteiger partial charge is 0.352 e. The van der Waals surface area contributed by atoms with Crippen LogP contribution in [-0.2, 0) is 4.79 Å². The third-order valence-corrected chi connectivity index (χ3v) is 6.61. The molecule has 1 fully saturated rings. The van der Waals surface area contributed by atoms with Gasteiger partial charge in [-0.1, -0.05) is 42.5 Å². The van der Waals surface area contributed by atoms with Crippen LogP contribution in [0.25, 0.3) is 5.69 Å². The molecule has 5 rings (SSSR count). The highest BCUT2D eigenvalue weighted by atomic mass is 32.1. The molecule has 1 aliphatic rings. The molecular weight excluding hydrogens is 454 g/mol. The number of aryl methyl sites for hydroxylation is 1. The minimum absolute atomic E-state index is 0.0475. The summed E-state index contributed by atoms with van der Waals surface area (Å²) in [4.78, 5) is 19.5. The minimum atomic E-state index is -0.141. The molecule has 176 valence electrons. The molecule has 0 aliphatic carbocycles. The maximum atomic E-state index is 12.7. The first kappa shape index (κ1) is 22.8. The maximum Gasteiger partial charge on any atom is 0.226 e. The SMILES string of the molecule is Cc1ccc([C@H]2[C@@H](c3ccccn3)NC(=S)N2CCC(=O)Nc2ccccc2)n1-c1ccccc1. The van der Waals surface area contributed by atoms with Crippen molar-refractivity contribution in [3.8, 4) is 5.69 Å². The zero-order chi connectivity index (χ0) is 24.2. The molecule has 2 aromatic heterocycles. The zero-order valence-corrected chi connectivity index (χ0v) is 20.3. The monoisotopic (exact) mass is 481 g/mol. The van der Waals surface area contributed by atoms with Crippen molar-refractivity contribution in [3.63, 3.8) is 0 Å². The van der Waals surface area contributed by atoms with Gasteiger partial charge in [0.1, 0.15) is 0 Å². The molecule has 3 heterocycles. The second kappa shape index (κ2) is 10.1. The predicted octanol–water partition coefficient (Wildman–Crippen LogP) is 5.18. The maximum absolute atomic E-state index is 12.7. The molecule has 1 aliphatic heterocycles. The number of nitrogens with zero attached hydrogens (tertiary/aromatic N) is 3. The van der Waals surface area contributed by atoms with Crippen LogP contribution >= 0.6 is 12.2 Å². The summed E-state index contributed by atoms with van der Waals surface area (Å²) in [6, 6.07) is 29.7. The van der Waals surface area contributed by atoms with Crippen LogP contribution in [-0.4, -0.2) is 32.0 Å². The van der Waals surface area contributed by atoms with Gasteiger partial charge in [0, 0.05) is 41.9 Å². The molecule has 7 heteroatoms. The van der Waals surface area contributed by atoms with Gasteiger partial charge in [0.25, 0.3) is 0 Å². The summed E-state index contributed by atoms with van der Waals surface area (Å²) in [5.41, 5.74) is 5.01. The average molecular weight is 482 g/mol. The summed E-state index contributed by atoms with van der Waals surface area (Å²) in [6.45, 7) is 2.59. The van der Waals surface area contributed by atoms with E-state index < -0.39 is 0 Å². The summed E-state index contributed by atoms with van der Waals surface area (Å²) in [5, 5.41) is 7.07. The number of pyridine rings is 1. The number of hydrogen-bond acceptors (Lipinski definition) is 3. The molecule has 1 saturated heterocycles. The van der Waals surface area contributed by atoms with Crippen molar-refractivity contribution in [2.45, 2.75) is 25.4 Å². The van der Waals surface area contributed by atoms with Crippen LogP contribution in [0.4, 0.5) is 5.69 Å². The molecule has 2 N–H and O–H groups in total. The van der Waals surface area contributed by atoms with E-state index in [1.807, 2.05) is 66.7 Å². The van der Waals surface area contributed by atoms with Crippen molar-refractivity contribution < 1.29 is 4.79 Å². The van der Waals surface area contributed by atoms with Gasteiger partial charge >= 0.3 is 0 Å². The van der Waals surface area contributed by atoms with Crippen LogP contribution in [0.3, 0.4) is 0 Å². The molecule has 2 atom stereocenters. The molecule has 0 spiro atoms. The number of anilines is 1. The normalized spacial score (nSPS) is 17.3. The molecule has 35 heavy (non-hydrogen) atoms. The van der Waals surface area contributed by atoms with E-state index in [-0.39, 0.29) is 18.0 Å². The Morgan fingerprint density at radius 2 is 1.69 bits per heavy atom. The van der Waals surface area contributed by atoms with Gasteiger partial charge in [0.05, 0.1) is 17.8 Å². The van der Waals surface area contributed by atoms with Crippen molar-refractivity contribution >= 4 is 28.9 Å². The summed E-state index contributed by atoms with van der Waals surface area (Å²) in [6.07, 6.45) is 2.11. The Kier molecular flexibility index (Phi) is 6.59. The van der Waals surface area contributed by atoms with Crippen molar-refractivity contribution in [3.05, 3.63) is 114 Å². The number of aromatic nitrogens is 2. The van der Waals surface area contributed by atoms with Crippen LogP contribution in [0.15, 0.2) is 97.2 Å². The van der Waals surface area contributed by atoms with Crippen LogP contribution in [0.1, 0.15) is 35.6 Å². The van der Waals surface area contributed by atoms with Crippen molar-refractivity contribution in [2.75, 3.05) is 11.9 Å². The van der Waals surface area contributed by atoms with Crippen molar-refractivity contribution in [1.82, 2.24) is 19.8 Å². The highest BCUT2D eigenvalue weighted by Crippen LogP contribution is 2.40. The van der Waals surface area contributed by atoms with E-state index in [1.165, 1.54) is 0 Å². The summed E-state index contributed by atoms with van der Waals surface area (Å²) in [5.74, 6) is -0.0475. The Hall–Kier alpha value is -3.97. The smallest absolute Gasteiger partial charge is 0.226 e. The molecule has 6 nitrogen and oxygen atoms in total. The number of carbonyl (C=O) groups excluding carboxylic acids is 1. The second-order valence-electron chi connectivity index (χ2n) is 8.55. The van der Waals surface area contributed by atoms with E-state index in [4.69, 9.17) is 12.2 Å². The van der Waals surface area contributed by atoms with E-state index in [0.717, 1.165) is 28.5 Å². The summed E-state index contributed by atoms with van der Waals surface area (Å²) < 4.78 is 2.26. The van der Waals surface area contributed by atoms with E-state index in [1.54, 1.807) is 6.20 Å². The fraction of sp³-hybridized carbons (Fsp3) is 0.179. The van der Waals surface area contributed by atoms with Gasteiger partial charge < -0.3 is 20.1 Å². The van der Waals surface area contributed by atoms with Gasteiger partial charge in [0.15, 0.2) is 5.11 Å². The Balaban J connectivity index is 1.47. The quantitative estimate of drug-likeness (QED) is 0.356. The molecular formula is C28H27N5OS. The molecule has 1 amide bonds. The standard InChI is InChI=1S/C28H27N5OS/c1-20-15-16-24(33(20)22-12-6-3-7-13-22)27-26(23-14-8-9-18-29-23)31-28(35)32(27)19-17-25(34)30-21-10-4-2-5-11-21/h2-16,18,26-27H,17,19H2,1H3,(H,30,34)(H,31,35)/t26-,27+/m1/s1. The molecule has 0 unspecified atom stereocenters. The fourth-order valence-electron chi connectivity index (χ4n) is 4.65. The van der Waals surface area contributed by atoms with E-state index in [2.05, 4.69) is 56.3 Å². The lowest BCUT2D eigenvalue weighted by Crippen LogP contribution is -2.33. The highest BCUT2D eigenvalue weighted by Gasteiger charge is 2.41. The average Bonchev–Trinajstić information content (AvgIpc) is 3.43. The van der Waals surface area contributed by atoms with Crippen LogP contribution < -0.4 is 10.6 Å². The van der Waals surface area contributed by atoms with Gasteiger partial charge in [-0.2, -0.15) is 0 Å². The van der Waals surface area contributed by atoms with E-state index in [0.29, 0.717) is 18.1 Å². The Morgan fingerprint density at radius 1 is 0.971 bits per heavy atom. The third-order valence-electron chi connectivity index (χ3n) is 6.26. The van der Waals surface area contributed by atoms with Gasteiger partial charge in [-0.3, -0.25) is 9.78 Å². The predicted molar refractivity (Wildman–Crippen MR) is 142 cm³/mol. The van der Waals surface area contributed by atoms with Crippen LogP contribution in [0, 0.1) is 6.92 Å². The lowest BCUT2D eigenvalue weighted by Gasteiger charge is -2.29. The first-order chi connectivity index (χ1) is 17.1. The fourth-order valence-corrected chi connectivity index (χ4v) is 4.99. The van der Waals surface area contributed by atoms with E-state index in [9.17, 15) is 4.79 Å². The first-order valence-corrected chi connectivity index (χ1v) is 12.1. The number of thiocarbonyl (C=S) groups is 1. The van der Waals surface area contributed by atoms with Gasteiger partial charge in [0.2, 0.25) is 5.91 Å². The number of amides is 1. The Bertz CT molecular complexity index is 1310. The molecule has 0 radical (unpaired) electrons. The molecule has 2 aromatic carbocycles. The third kappa shape index (κ3) is 4.81. The topological polar surface area (TPSA) is 62.2 Å². The van der Waals surface area contributed by atoms with Crippen molar-refractivity contribution in [2.24, 2.45) is 0 Å². The van der Waals surface area contributed by atoms with Gasteiger partial charge in [-0.05, 0) is 67.7 Å². The summed E-state index contributed by atoms with van der Waals surface area (Å²) >= 11 is 5.79. The van der Waals surface area contributed by atoms with Crippen molar-refractivity contribution in [1.29, 1.82) is 0 Å². The molecule has 0 saturated carbocycles. The first-order valence-electron chi connectivity index (χ1n) is 11.7. The second-order valence-corrected chi connectivity index (χ2v) is 8.94. The lowest BCUT2D eigenvalue weighted by atomic mass is 10.0. The number of nitrogens with one attached hydrogen (secondary N) is 2. The van der Waals surface area contributed by atoms with Gasteiger partial charge in [-0.25, -0.2) is 0 Å². The highest BCUT2D eigenvalue weighted by molar-refractivity contribution is 7.80.